The van der Waals surface area contributed by atoms with Crippen LogP contribution in [-0.4, -0.2) is 45.5 Å². The van der Waals surface area contributed by atoms with Crippen LogP contribution in [0.15, 0.2) is 22.8 Å². The summed E-state index contributed by atoms with van der Waals surface area (Å²) in [5.41, 5.74) is -0.181. The lowest BCUT2D eigenvalue weighted by molar-refractivity contribution is -0.0283. The standard InChI is InChI=1S/C12H17N5O2/c1-12(2)9-16(5-7-19-12)11-13-14-15-17(11)8-10-4-3-6-18-10/h3-4,6H,5,7-9H2,1-2H3. The lowest BCUT2D eigenvalue weighted by Crippen LogP contribution is -2.49. The lowest BCUT2D eigenvalue weighted by Gasteiger charge is -2.38. The Hall–Kier alpha value is -1.89. The summed E-state index contributed by atoms with van der Waals surface area (Å²) in [7, 11) is 0. The van der Waals surface area contributed by atoms with E-state index in [4.69, 9.17) is 9.15 Å². The highest BCUT2D eigenvalue weighted by Gasteiger charge is 2.30. The van der Waals surface area contributed by atoms with E-state index in [-0.39, 0.29) is 5.60 Å². The third-order valence-corrected chi connectivity index (χ3v) is 3.11. The van der Waals surface area contributed by atoms with Gasteiger partial charge in [0, 0.05) is 13.1 Å². The average Bonchev–Trinajstić information content (AvgIpc) is 2.99. The molecule has 0 aromatic carbocycles. The number of anilines is 1. The maximum Gasteiger partial charge on any atom is 0.246 e. The van der Waals surface area contributed by atoms with Crippen LogP contribution in [0.2, 0.25) is 0 Å². The molecule has 1 fully saturated rings. The topological polar surface area (TPSA) is 69.2 Å². The molecule has 0 aliphatic carbocycles. The number of hydrogen-bond donors (Lipinski definition) is 0. The van der Waals surface area contributed by atoms with Crippen LogP contribution in [0.3, 0.4) is 0 Å². The van der Waals surface area contributed by atoms with Crippen molar-refractivity contribution in [3.63, 3.8) is 0 Å². The van der Waals surface area contributed by atoms with E-state index in [1.807, 2.05) is 12.1 Å². The van der Waals surface area contributed by atoms with E-state index in [1.165, 1.54) is 0 Å². The Bertz CT molecular complexity index is 534. The number of ether oxygens (including phenoxy) is 1. The fourth-order valence-electron chi connectivity index (χ4n) is 2.27. The van der Waals surface area contributed by atoms with E-state index < -0.39 is 0 Å². The highest BCUT2D eigenvalue weighted by Crippen LogP contribution is 2.21. The minimum Gasteiger partial charge on any atom is -0.467 e. The van der Waals surface area contributed by atoms with Gasteiger partial charge in [-0.3, -0.25) is 0 Å². The molecule has 102 valence electrons. The molecule has 0 unspecified atom stereocenters. The summed E-state index contributed by atoms with van der Waals surface area (Å²) in [5, 5.41) is 11.9. The van der Waals surface area contributed by atoms with Crippen molar-refractivity contribution < 1.29 is 9.15 Å². The van der Waals surface area contributed by atoms with Gasteiger partial charge in [0.25, 0.3) is 0 Å². The molecule has 0 spiro atoms. The largest absolute Gasteiger partial charge is 0.467 e. The maximum absolute atomic E-state index is 5.70. The predicted molar refractivity (Wildman–Crippen MR) is 67.9 cm³/mol. The number of nitrogens with zero attached hydrogens (tertiary/aromatic N) is 5. The van der Waals surface area contributed by atoms with Gasteiger partial charge in [-0.2, -0.15) is 0 Å². The summed E-state index contributed by atoms with van der Waals surface area (Å²) in [6, 6.07) is 3.77. The van der Waals surface area contributed by atoms with Crippen LogP contribution in [0.25, 0.3) is 0 Å². The fourth-order valence-corrected chi connectivity index (χ4v) is 2.27. The summed E-state index contributed by atoms with van der Waals surface area (Å²) >= 11 is 0. The van der Waals surface area contributed by atoms with Gasteiger partial charge in [0.15, 0.2) is 0 Å². The fraction of sp³-hybridized carbons (Fsp3) is 0.583. The molecule has 1 aliphatic rings. The van der Waals surface area contributed by atoms with Crippen molar-refractivity contribution in [1.82, 2.24) is 20.2 Å². The zero-order valence-corrected chi connectivity index (χ0v) is 11.1. The number of aromatic nitrogens is 4. The lowest BCUT2D eigenvalue weighted by atomic mass is 10.1. The van der Waals surface area contributed by atoms with Gasteiger partial charge in [0.2, 0.25) is 5.95 Å². The van der Waals surface area contributed by atoms with E-state index in [1.54, 1.807) is 10.9 Å². The first-order valence-corrected chi connectivity index (χ1v) is 6.31. The Morgan fingerprint density at radius 1 is 1.42 bits per heavy atom. The Balaban J connectivity index is 1.79. The van der Waals surface area contributed by atoms with Crippen LogP contribution >= 0.6 is 0 Å². The Kier molecular flexibility index (Phi) is 2.98. The molecule has 19 heavy (non-hydrogen) atoms. The molecule has 0 saturated carbocycles. The molecule has 1 saturated heterocycles. The van der Waals surface area contributed by atoms with Crippen LogP contribution in [0.1, 0.15) is 19.6 Å². The molecule has 3 rings (SSSR count). The van der Waals surface area contributed by atoms with Crippen LogP contribution < -0.4 is 4.90 Å². The summed E-state index contributed by atoms with van der Waals surface area (Å²) in [5.74, 6) is 1.59. The van der Waals surface area contributed by atoms with Crippen LogP contribution in [0.4, 0.5) is 5.95 Å². The molecule has 3 heterocycles. The van der Waals surface area contributed by atoms with Gasteiger partial charge in [-0.1, -0.05) is 5.10 Å². The summed E-state index contributed by atoms with van der Waals surface area (Å²) in [4.78, 5) is 2.15. The molecule has 0 radical (unpaired) electrons. The summed E-state index contributed by atoms with van der Waals surface area (Å²) < 4.78 is 12.8. The Morgan fingerprint density at radius 3 is 3.05 bits per heavy atom. The molecule has 7 nitrogen and oxygen atoms in total. The maximum atomic E-state index is 5.70. The summed E-state index contributed by atoms with van der Waals surface area (Å²) in [6.45, 7) is 6.92. The number of morpholine rings is 1. The number of furan rings is 1. The van der Waals surface area contributed by atoms with E-state index >= 15 is 0 Å². The Labute approximate surface area is 111 Å². The Morgan fingerprint density at radius 2 is 2.32 bits per heavy atom. The third-order valence-electron chi connectivity index (χ3n) is 3.11. The van der Waals surface area contributed by atoms with Crippen molar-refractivity contribution >= 4 is 5.95 Å². The first-order valence-electron chi connectivity index (χ1n) is 6.31. The van der Waals surface area contributed by atoms with Crippen LogP contribution in [0, 0.1) is 0 Å². The second-order valence-corrected chi connectivity index (χ2v) is 5.25. The smallest absolute Gasteiger partial charge is 0.246 e. The van der Waals surface area contributed by atoms with Crippen molar-refractivity contribution in [1.29, 1.82) is 0 Å². The monoisotopic (exact) mass is 263 g/mol. The second kappa shape index (κ2) is 4.65. The van der Waals surface area contributed by atoms with Crippen molar-refractivity contribution in [3.05, 3.63) is 24.2 Å². The summed E-state index contributed by atoms with van der Waals surface area (Å²) in [6.07, 6.45) is 1.65. The van der Waals surface area contributed by atoms with Gasteiger partial charge in [0.1, 0.15) is 12.3 Å². The highest BCUT2D eigenvalue weighted by atomic mass is 16.5. The zero-order chi connectivity index (χ0) is 13.3. The molecule has 7 heteroatoms. The van der Waals surface area contributed by atoms with E-state index in [2.05, 4.69) is 34.3 Å². The van der Waals surface area contributed by atoms with Gasteiger partial charge in [-0.05, 0) is 36.4 Å². The van der Waals surface area contributed by atoms with Crippen molar-refractivity contribution in [2.45, 2.75) is 26.0 Å². The quantitative estimate of drug-likeness (QED) is 0.820. The van der Waals surface area contributed by atoms with E-state index in [0.717, 1.165) is 24.8 Å². The normalized spacial score (nSPS) is 18.7. The first kappa shape index (κ1) is 12.2. The average molecular weight is 263 g/mol. The van der Waals surface area contributed by atoms with Crippen molar-refractivity contribution in [3.8, 4) is 0 Å². The molecular weight excluding hydrogens is 246 g/mol. The van der Waals surface area contributed by atoms with Crippen molar-refractivity contribution in [2.75, 3.05) is 24.6 Å². The number of hydrogen-bond acceptors (Lipinski definition) is 6. The number of tetrazole rings is 1. The highest BCUT2D eigenvalue weighted by molar-refractivity contribution is 5.30. The molecule has 2 aromatic rings. The van der Waals surface area contributed by atoms with E-state index in [9.17, 15) is 0 Å². The van der Waals surface area contributed by atoms with Crippen LogP contribution in [0.5, 0.6) is 0 Å². The van der Waals surface area contributed by atoms with Crippen molar-refractivity contribution in [2.24, 2.45) is 0 Å². The molecule has 0 bridgehead atoms. The SMILES string of the molecule is CC1(C)CN(c2nnnn2Cc2ccco2)CCO1. The number of rotatable bonds is 3. The zero-order valence-electron chi connectivity index (χ0n) is 11.1. The van der Waals surface area contributed by atoms with Gasteiger partial charge in [-0.25, -0.2) is 4.68 Å². The minimum absolute atomic E-state index is 0.181. The molecule has 2 aromatic heterocycles. The second-order valence-electron chi connectivity index (χ2n) is 5.25. The first-order chi connectivity index (χ1) is 9.14. The van der Waals surface area contributed by atoms with Gasteiger partial charge in [-0.15, -0.1) is 0 Å². The van der Waals surface area contributed by atoms with Gasteiger partial charge in [0.05, 0.1) is 18.5 Å². The molecule has 0 amide bonds. The molecule has 0 N–H and O–H groups in total. The molecule has 1 aliphatic heterocycles. The minimum atomic E-state index is -0.181. The van der Waals surface area contributed by atoms with E-state index in [0.29, 0.717) is 13.2 Å². The van der Waals surface area contributed by atoms with Gasteiger partial charge < -0.3 is 14.1 Å². The molecule has 0 atom stereocenters. The van der Waals surface area contributed by atoms with Crippen LogP contribution in [-0.2, 0) is 11.3 Å². The van der Waals surface area contributed by atoms with Gasteiger partial charge >= 0.3 is 0 Å². The third kappa shape index (κ3) is 2.60. The predicted octanol–water partition coefficient (Wildman–Crippen LogP) is 0.930. The molecular formula is C12H17N5O2.